The van der Waals surface area contributed by atoms with Crippen LogP contribution in [0.15, 0.2) is 42.5 Å². The summed E-state index contributed by atoms with van der Waals surface area (Å²) in [4.78, 5) is 12.1. The molecule has 0 saturated carbocycles. The Morgan fingerprint density at radius 2 is 2.00 bits per heavy atom. The highest BCUT2D eigenvalue weighted by Crippen LogP contribution is 2.32. The summed E-state index contributed by atoms with van der Waals surface area (Å²) in [5, 5.41) is 8.96. The summed E-state index contributed by atoms with van der Waals surface area (Å²) < 4.78 is 15.8. The molecular weight excluding hydrogens is 270 g/mol. The molecule has 1 aliphatic heterocycles. The van der Waals surface area contributed by atoms with Gasteiger partial charge in [-0.3, -0.25) is 4.79 Å². The lowest BCUT2D eigenvalue weighted by molar-refractivity contribution is 0.0921. The molecule has 0 unspecified atom stereocenters. The lowest BCUT2D eigenvalue weighted by Gasteiger charge is -2.07. The van der Waals surface area contributed by atoms with Crippen molar-refractivity contribution in [1.82, 2.24) is 0 Å². The van der Waals surface area contributed by atoms with Gasteiger partial charge in [-0.05, 0) is 30.3 Å². The van der Waals surface area contributed by atoms with Crippen molar-refractivity contribution < 1.29 is 19.0 Å². The van der Waals surface area contributed by atoms with Crippen LogP contribution in [-0.2, 0) is 0 Å². The molecule has 0 saturated heterocycles. The van der Waals surface area contributed by atoms with Gasteiger partial charge in [0, 0.05) is 5.56 Å². The molecule has 0 atom stereocenters. The average molecular weight is 281 g/mol. The number of Topliss-reactive ketones (excluding diaryl/α,β-unsaturated/α-hetero) is 1. The zero-order valence-corrected chi connectivity index (χ0v) is 11.0. The number of benzene rings is 2. The van der Waals surface area contributed by atoms with Crippen LogP contribution in [0.5, 0.6) is 17.2 Å². The molecule has 0 bridgehead atoms. The Hall–Kier alpha value is -3.00. The van der Waals surface area contributed by atoms with E-state index in [1.807, 2.05) is 6.07 Å². The predicted molar refractivity (Wildman–Crippen MR) is 73.5 cm³/mol. The Kier molecular flexibility index (Phi) is 3.44. The van der Waals surface area contributed by atoms with E-state index in [0.29, 0.717) is 28.4 Å². The van der Waals surface area contributed by atoms with Crippen LogP contribution in [0.25, 0.3) is 0 Å². The molecule has 1 heterocycles. The van der Waals surface area contributed by atoms with E-state index in [2.05, 4.69) is 0 Å². The minimum Gasteiger partial charge on any atom is -0.484 e. The van der Waals surface area contributed by atoms with Gasteiger partial charge >= 0.3 is 0 Å². The fraction of sp³-hybridized carbons (Fsp3) is 0.125. The quantitative estimate of drug-likeness (QED) is 0.805. The molecule has 2 aromatic carbocycles. The summed E-state index contributed by atoms with van der Waals surface area (Å²) in [5.41, 5.74) is 0.879. The number of rotatable bonds is 4. The van der Waals surface area contributed by atoms with Crippen molar-refractivity contribution in [3.63, 3.8) is 0 Å². The molecule has 2 aromatic rings. The average Bonchev–Trinajstić information content (AvgIpc) is 3.00. The first-order valence-corrected chi connectivity index (χ1v) is 6.33. The minimum absolute atomic E-state index is 0.141. The van der Waals surface area contributed by atoms with Gasteiger partial charge < -0.3 is 14.2 Å². The summed E-state index contributed by atoms with van der Waals surface area (Å²) in [6, 6.07) is 13.8. The van der Waals surface area contributed by atoms with Crippen molar-refractivity contribution >= 4 is 5.78 Å². The van der Waals surface area contributed by atoms with Crippen LogP contribution < -0.4 is 14.2 Å². The van der Waals surface area contributed by atoms with Crippen LogP contribution in [0, 0.1) is 11.3 Å². The third-order valence-corrected chi connectivity index (χ3v) is 3.06. The lowest BCUT2D eigenvalue weighted by Crippen LogP contribution is -2.12. The van der Waals surface area contributed by atoms with E-state index in [1.54, 1.807) is 42.5 Å². The number of para-hydroxylation sites is 1. The summed E-state index contributed by atoms with van der Waals surface area (Å²) in [6.07, 6.45) is 0. The highest BCUT2D eigenvalue weighted by Gasteiger charge is 2.16. The van der Waals surface area contributed by atoms with E-state index in [1.165, 1.54) is 0 Å². The van der Waals surface area contributed by atoms with Gasteiger partial charge in [0.25, 0.3) is 0 Å². The van der Waals surface area contributed by atoms with E-state index < -0.39 is 0 Å². The zero-order chi connectivity index (χ0) is 14.7. The number of carbonyl (C=O) groups is 1. The van der Waals surface area contributed by atoms with Crippen LogP contribution in [-0.4, -0.2) is 19.2 Å². The number of ketones is 1. The first-order valence-electron chi connectivity index (χ1n) is 6.33. The summed E-state index contributed by atoms with van der Waals surface area (Å²) in [5.74, 6) is 1.38. The summed E-state index contributed by atoms with van der Waals surface area (Å²) >= 11 is 0. The van der Waals surface area contributed by atoms with Crippen LogP contribution in [0.4, 0.5) is 0 Å². The Labute approximate surface area is 121 Å². The minimum atomic E-state index is -0.193. The van der Waals surface area contributed by atoms with Gasteiger partial charge in [-0.25, -0.2) is 0 Å². The topological polar surface area (TPSA) is 68.5 Å². The molecular formula is C16H11NO4. The van der Waals surface area contributed by atoms with Gasteiger partial charge in [0.2, 0.25) is 6.79 Å². The van der Waals surface area contributed by atoms with Crippen molar-refractivity contribution in [2.24, 2.45) is 0 Å². The largest absolute Gasteiger partial charge is 0.484 e. The van der Waals surface area contributed by atoms with Gasteiger partial charge in [-0.2, -0.15) is 5.26 Å². The Balaban J connectivity index is 1.71. The molecule has 1 aliphatic rings. The van der Waals surface area contributed by atoms with Gasteiger partial charge in [0.15, 0.2) is 23.9 Å². The van der Waals surface area contributed by atoms with Gasteiger partial charge in [0.05, 0.1) is 5.56 Å². The highest BCUT2D eigenvalue weighted by atomic mass is 16.7. The van der Waals surface area contributed by atoms with Crippen molar-refractivity contribution in [1.29, 1.82) is 5.26 Å². The van der Waals surface area contributed by atoms with Gasteiger partial charge in [-0.1, -0.05) is 12.1 Å². The van der Waals surface area contributed by atoms with E-state index in [4.69, 9.17) is 19.5 Å². The second-order valence-electron chi connectivity index (χ2n) is 4.39. The number of ether oxygens (including phenoxy) is 3. The standard InChI is InChI=1S/C16H11NO4/c17-8-12-3-1-2-4-14(12)19-9-13(18)11-5-6-15-16(7-11)21-10-20-15/h1-7H,9-10H2. The van der Waals surface area contributed by atoms with Crippen molar-refractivity contribution in [3.8, 4) is 23.3 Å². The molecule has 0 fully saturated rings. The van der Waals surface area contributed by atoms with E-state index >= 15 is 0 Å². The maximum Gasteiger partial charge on any atom is 0.231 e. The second-order valence-corrected chi connectivity index (χ2v) is 4.39. The van der Waals surface area contributed by atoms with Crippen LogP contribution in [0.3, 0.4) is 0 Å². The number of hydrogen-bond acceptors (Lipinski definition) is 5. The maximum atomic E-state index is 12.1. The normalized spacial score (nSPS) is 11.8. The molecule has 0 amide bonds. The second kappa shape index (κ2) is 5.55. The molecule has 0 aromatic heterocycles. The molecule has 21 heavy (non-hydrogen) atoms. The molecule has 0 aliphatic carbocycles. The van der Waals surface area contributed by atoms with Crippen LogP contribution in [0.2, 0.25) is 0 Å². The maximum absolute atomic E-state index is 12.1. The Morgan fingerprint density at radius 3 is 2.86 bits per heavy atom. The number of hydrogen-bond donors (Lipinski definition) is 0. The number of nitriles is 1. The molecule has 104 valence electrons. The molecule has 5 heteroatoms. The smallest absolute Gasteiger partial charge is 0.231 e. The summed E-state index contributed by atoms with van der Waals surface area (Å²) in [7, 11) is 0. The Morgan fingerprint density at radius 1 is 1.19 bits per heavy atom. The molecule has 0 N–H and O–H groups in total. The van der Waals surface area contributed by atoms with Crippen molar-refractivity contribution in [2.75, 3.05) is 13.4 Å². The number of fused-ring (bicyclic) bond motifs is 1. The van der Waals surface area contributed by atoms with Crippen LogP contribution >= 0.6 is 0 Å². The monoisotopic (exact) mass is 281 g/mol. The summed E-state index contributed by atoms with van der Waals surface area (Å²) in [6.45, 7) is 0.0252. The molecule has 5 nitrogen and oxygen atoms in total. The van der Waals surface area contributed by atoms with Crippen molar-refractivity contribution in [2.45, 2.75) is 0 Å². The predicted octanol–water partition coefficient (Wildman–Crippen LogP) is 2.55. The first kappa shape index (κ1) is 13.0. The zero-order valence-electron chi connectivity index (χ0n) is 11.0. The third-order valence-electron chi connectivity index (χ3n) is 3.06. The van der Waals surface area contributed by atoms with E-state index in [0.717, 1.165) is 0 Å². The van der Waals surface area contributed by atoms with Crippen LogP contribution in [0.1, 0.15) is 15.9 Å². The molecule has 0 spiro atoms. The number of nitrogens with zero attached hydrogens (tertiary/aromatic N) is 1. The van der Waals surface area contributed by atoms with Gasteiger partial charge in [-0.15, -0.1) is 0 Å². The fourth-order valence-electron chi connectivity index (χ4n) is 1.98. The van der Waals surface area contributed by atoms with E-state index in [-0.39, 0.29) is 19.2 Å². The highest BCUT2D eigenvalue weighted by molar-refractivity contribution is 5.97. The third kappa shape index (κ3) is 2.65. The SMILES string of the molecule is N#Cc1ccccc1OCC(=O)c1ccc2c(c1)OCO2. The molecule has 0 radical (unpaired) electrons. The van der Waals surface area contributed by atoms with E-state index in [9.17, 15) is 4.79 Å². The van der Waals surface area contributed by atoms with Crippen molar-refractivity contribution in [3.05, 3.63) is 53.6 Å². The van der Waals surface area contributed by atoms with Gasteiger partial charge in [0.1, 0.15) is 11.8 Å². The number of carbonyl (C=O) groups excluding carboxylic acids is 1. The molecule has 3 rings (SSSR count). The fourth-order valence-corrected chi connectivity index (χ4v) is 1.98. The lowest BCUT2D eigenvalue weighted by atomic mass is 10.1. The Bertz CT molecular complexity index is 733. The first-order chi connectivity index (χ1) is 10.3.